The zero-order valence-corrected chi connectivity index (χ0v) is 12.0. The Bertz CT molecular complexity index is 453. The SMILES string of the molecule is CN1CCSCC1c1nc2c(c(NN)n1)CSC2. The van der Waals surface area contributed by atoms with E-state index in [1.807, 2.05) is 23.5 Å². The number of rotatable bonds is 2. The van der Waals surface area contributed by atoms with Gasteiger partial charge in [0.05, 0.1) is 11.7 Å². The van der Waals surface area contributed by atoms with E-state index in [1.54, 1.807) is 0 Å². The van der Waals surface area contributed by atoms with Gasteiger partial charge in [0, 0.05) is 35.1 Å². The molecule has 3 rings (SSSR count). The zero-order chi connectivity index (χ0) is 12.5. The van der Waals surface area contributed by atoms with E-state index in [2.05, 4.69) is 22.4 Å². The van der Waals surface area contributed by atoms with Gasteiger partial charge in [-0.25, -0.2) is 15.8 Å². The van der Waals surface area contributed by atoms with Gasteiger partial charge in [0.2, 0.25) is 0 Å². The van der Waals surface area contributed by atoms with Crippen LogP contribution in [0.3, 0.4) is 0 Å². The van der Waals surface area contributed by atoms with Crippen LogP contribution in [0, 0.1) is 0 Å². The molecule has 3 heterocycles. The highest BCUT2D eigenvalue weighted by Crippen LogP contribution is 2.35. The van der Waals surface area contributed by atoms with E-state index in [0.717, 1.165) is 41.1 Å². The van der Waals surface area contributed by atoms with Gasteiger partial charge in [-0.3, -0.25) is 4.90 Å². The zero-order valence-electron chi connectivity index (χ0n) is 10.3. The molecule has 2 aliphatic rings. The second-order valence-electron chi connectivity index (χ2n) is 4.56. The van der Waals surface area contributed by atoms with Crippen LogP contribution in [-0.4, -0.2) is 40.0 Å². The van der Waals surface area contributed by atoms with Gasteiger partial charge in [-0.05, 0) is 7.05 Å². The van der Waals surface area contributed by atoms with Gasteiger partial charge in [0.25, 0.3) is 0 Å². The molecule has 2 aliphatic heterocycles. The monoisotopic (exact) mass is 283 g/mol. The van der Waals surface area contributed by atoms with Crippen LogP contribution < -0.4 is 11.3 Å². The molecule has 1 unspecified atom stereocenters. The van der Waals surface area contributed by atoms with Crippen molar-refractivity contribution in [1.29, 1.82) is 0 Å². The number of fused-ring (bicyclic) bond motifs is 1. The fourth-order valence-corrected chi connectivity index (χ4v) is 4.55. The molecule has 3 N–H and O–H groups in total. The van der Waals surface area contributed by atoms with Crippen LogP contribution in [0.4, 0.5) is 5.82 Å². The highest BCUT2D eigenvalue weighted by atomic mass is 32.2. The van der Waals surface area contributed by atoms with Crippen molar-refractivity contribution in [2.45, 2.75) is 17.5 Å². The predicted molar refractivity (Wildman–Crippen MR) is 77.5 cm³/mol. The van der Waals surface area contributed by atoms with Gasteiger partial charge in [0.1, 0.15) is 11.6 Å². The van der Waals surface area contributed by atoms with Gasteiger partial charge < -0.3 is 5.43 Å². The number of aromatic nitrogens is 2. The summed E-state index contributed by atoms with van der Waals surface area (Å²) in [7, 11) is 2.14. The summed E-state index contributed by atoms with van der Waals surface area (Å²) >= 11 is 3.84. The summed E-state index contributed by atoms with van der Waals surface area (Å²) < 4.78 is 0. The normalized spacial score (nSPS) is 24.0. The molecule has 1 aromatic rings. The quantitative estimate of drug-likeness (QED) is 0.625. The minimum absolute atomic E-state index is 0.312. The summed E-state index contributed by atoms with van der Waals surface area (Å²) in [6.45, 7) is 1.09. The molecule has 1 atom stereocenters. The van der Waals surface area contributed by atoms with Crippen LogP contribution in [0.25, 0.3) is 0 Å². The van der Waals surface area contributed by atoms with E-state index in [0.29, 0.717) is 6.04 Å². The number of nitrogens with zero attached hydrogens (tertiary/aromatic N) is 3. The molecule has 0 aromatic carbocycles. The summed E-state index contributed by atoms with van der Waals surface area (Å²) in [5, 5.41) is 0. The maximum atomic E-state index is 5.59. The number of hydrazine groups is 1. The molecular formula is C11H17N5S2. The van der Waals surface area contributed by atoms with E-state index in [1.165, 1.54) is 11.3 Å². The summed E-state index contributed by atoms with van der Waals surface area (Å²) in [6, 6.07) is 0.312. The highest BCUT2D eigenvalue weighted by molar-refractivity contribution is 7.99. The Morgan fingerprint density at radius 3 is 3.00 bits per heavy atom. The second-order valence-corrected chi connectivity index (χ2v) is 6.70. The average molecular weight is 283 g/mol. The van der Waals surface area contributed by atoms with Crippen molar-refractivity contribution in [3.8, 4) is 0 Å². The molecular weight excluding hydrogens is 266 g/mol. The maximum absolute atomic E-state index is 5.59. The third-order valence-electron chi connectivity index (χ3n) is 3.43. The van der Waals surface area contributed by atoms with E-state index in [-0.39, 0.29) is 0 Å². The largest absolute Gasteiger partial charge is 0.308 e. The van der Waals surface area contributed by atoms with E-state index < -0.39 is 0 Å². The fourth-order valence-electron chi connectivity index (χ4n) is 2.30. The summed E-state index contributed by atoms with van der Waals surface area (Å²) in [4.78, 5) is 11.7. The number of anilines is 1. The molecule has 0 bridgehead atoms. The van der Waals surface area contributed by atoms with Crippen molar-refractivity contribution in [1.82, 2.24) is 14.9 Å². The van der Waals surface area contributed by atoms with Crippen molar-refractivity contribution in [3.05, 3.63) is 17.1 Å². The summed E-state index contributed by atoms with van der Waals surface area (Å²) in [5.41, 5.74) is 5.06. The van der Waals surface area contributed by atoms with E-state index in [9.17, 15) is 0 Å². The molecule has 1 fully saturated rings. The summed E-state index contributed by atoms with van der Waals surface area (Å²) in [5.74, 6) is 11.5. The van der Waals surface area contributed by atoms with Gasteiger partial charge in [0.15, 0.2) is 0 Å². The number of hydrogen-bond donors (Lipinski definition) is 2. The van der Waals surface area contributed by atoms with Crippen molar-refractivity contribution in [2.75, 3.05) is 30.5 Å². The third-order valence-corrected chi connectivity index (χ3v) is 5.42. The van der Waals surface area contributed by atoms with E-state index in [4.69, 9.17) is 10.8 Å². The number of nitrogens with one attached hydrogen (secondary N) is 1. The molecule has 0 radical (unpaired) electrons. The molecule has 0 saturated carbocycles. The average Bonchev–Trinajstić information content (AvgIpc) is 2.86. The minimum atomic E-state index is 0.312. The first kappa shape index (κ1) is 12.5. The molecule has 98 valence electrons. The molecule has 1 aromatic heterocycles. The topological polar surface area (TPSA) is 67.1 Å². The van der Waals surface area contributed by atoms with Crippen molar-refractivity contribution < 1.29 is 0 Å². The lowest BCUT2D eigenvalue weighted by molar-refractivity contribution is 0.264. The van der Waals surface area contributed by atoms with Gasteiger partial charge in [-0.15, -0.1) is 0 Å². The lowest BCUT2D eigenvalue weighted by Gasteiger charge is -2.31. The standard InChI is InChI=1S/C11H17N5S2/c1-16-2-3-17-6-9(16)11-13-8-5-18-4-7(8)10(14-11)15-12/h9H,2-6,12H2,1H3,(H,13,14,15). The van der Waals surface area contributed by atoms with Crippen LogP contribution in [-0.2, 0) is 11.5 Å². The predicted octanol–water partition coefficient (Wildman–Crippen LogP) is 1.23. The molecule has 0 amide bonds. The van der Waals surface area contributed by atoms with Gasteiger partial charge in [-0.1, -0.05) is 0 Å². The van der Waals surface area contributed by atoms with Crippen molar-refractivity contribution in [2.24, 2.45) is 5.84 Å². The molecule has 5 nitrogen and oxygen atoms in total. The molecule has 7 heteroatoms. The molecule has 18 heavy (non-hydrogen) atoms. The van der Waals surface area contributed by atoms with Crippen LogP contribution in [0.5, 0.6) is 0 Å². The Hall–Kier alpha value is -0.500. The lowest BCUT2D eigenvalue weighted by atomic mass is 10.2. The number of nitrogens with two attached hydrogens (primary N) is 1. The maximum Gasteiger partial charge on any atom is 0.149 e. The Labute approximate surface area is 115 Å². The number of nitrogen functional groups attached to an aromatic ring is 1. The van der Waals surface area contributed by atoms with E-state index >= 15 is 0 Å². The third kappa shape index (κ3) is 2.20. The minimum Gasteiger partial charge on any atom is -0.308 e. The Balaban J connectivity index is 1.97. The second kappa shape index (κ2) is 5.24. The smallest absolute Gasteiger partial charge is 0.149 e. The first-order valence-electron chi connectivity index (χ1n) is 6.01. The highest BCUT2D eigenvalue weighted by Gasteiger charge is 2.27. The Kier molecular flexibility index (Phi) is 3.65. The molecule has 0 aliphatic carbocycles. The molecule has 0 spiro atoms. The van der Waals surface area contributed by atoms with Crippen LogP contribution >= 0.6 is 23.5 Å². The number of hydrogen-bond acceptors (Lipinski definition) is 7. The number of thioether (sulfide) groups is 2. The lowest BCUT2D eigenvalue weighted by Crippen LogP contribution is -2.34. The first-order chi connectivity index (χ1) is 8.79. The van der Waals surface area contributed by atoms with Crippen LogP contribution in [0.15, 0.2) is 0 Å². The van der Waals surface area contributed by atoms with Crippen LogP contribution in [0.2, 0.25) is 0 Å². The first-order valence-corrected chi connectivity index (χ1v) is 8.32. The van der Waals surface area contributed by atoms with Crippen LogP contribution in [0.1, 0.15) is 23.1 Å². The van der Waals surface area contributed by atoms with Crippen molar-refractivity contribution in [3.63, 3.8) is 0 Å². The van der Waals surface area contributed by atoms with Crippen molar-refractivity contribution >= 4 is 29.3 Å². The van der Waals surface area contributed by atoms with Gasteiger partial charge in [-0.2, -0.15) is 23.5 Å². The Morgan fingerprint density at radius 1 is 1.33 bits per heavy atom. The fraction of sp³-hybridized carbons (Fsp3) is 0.636. The Morgan fingerprint density at radius 2 is 2.22 bits per heavy atom. The van der Waals surface area contributed by atoms with Gasteiger partial charge >= 0.3 is 0 Å². The molecule has 1 saturated heterocycles. The summed E-state index contributed by atoms with van der Waals surface area (Å²) in [6.07, 6.45) is 0.